The molecule has 0 bridgehead atoms. The van der Waals surface area contributed by atoms with Crippen LogP contribution in [-0.4, -0.2) is 51.0 Å². The largest absolute Gasteiger partial charge is 0.381 e. The molecule has 36 heavy (non-hydrogen) atoms. The first-order valence-electron chi connectivity index (χ1n) is 12.7. The number of sulfonamides is 1. The Morgan fingerprint density at radius 1 is 1.17 bits per heavy atom. The molecule has 2 aromatic rings. The van der Waals surface area contributed by atoms with Crippen molar-refractivity contribution >= 4 is 15.9 Å². The monoisotopic (exact) mass is 517 g/mol. The van der Waals surface area contributed by atoms with Gasteiger partial charge in [-0.25, -0.2) is 12.8 Å². The lowest BCUT2D eigenvalue weighted by molar-refractivity contribution is -0.130. The maximum Gasteiger partial charge on any atom is 0.230 e. The molecule has 0 saturated carbocycles. The average molecular weight is 518 g/mol. The molecule has 0 spiro atoms. The third-order valence-electron chi connectivity index (χ3n) is 7.58. The average Bonchev–Trinajstić information content (AvgIpc) is 2.88. The number of amides is 1. The van der Waals surface area contributed by atoms with E-state index in [1.54, 1.807) is 12.1 Å². The normalized spacial score (nSPS) is 23.8. The molecule has 2 saturated heterocycles. The SMILES string of the molecule is C[C@H]1CC[C@H](c2ccccc2)S(=O)(=O)N1Cc1ccc(C2(C(=O)NCCCN)CCOCC2)cc1F. The predicted molar refractivity (Wildman–Crippen MR) is 137 cm³/mol. The first-order valence-corrected chi connectivity index (χ1v) is 14.2. The van der Waals surface area contributed by atoms with Crippen molar-refractivity contribution in [2.24, 2.45) is 5.73 Å². The van der Waals surface area contributed by atoms with E-state index in [0.717, 1.165) is 5.56 Å². The zero-order valence-corrected chi connectivity index (χ0v) is 21.6. The van der Waals surface area contributed by atoms with Crippen LogP contribution in [0.1, 0.15) is 61.0 Å². The van der Waals surface area contributed by atoms with Gasteiger partial charge in [0.1, 0.15) is 11.1 Å². The third-order valence-corrected chi connectivity index (χ3v) is 9.95. The van der Waals surface area contributed by atoms with Crippen molar-refractivity contribution in [3.05, 3.63) is 71.0 Å². The number of ether oxygens (including phenoxy) is 1. The molecule has 196 valence electrons. The quantitative estimate of drug-likeness (QED) is 0.523. The Kier molecular flexibility index (Phi) is 8.44. The van der Waals surface area contributed by atoms with Gasteiger partial charge in [0.05, 0.1) is 5.41 Å². The fourth-order valence-electron chi connectivity index (χ4n) is 5.33. The van der Waals surface area contributed by atoms with Gasteiger partial charge >= 0.3 is 0 Å². The summed E-state index contributed by atoms with van der Waals surface area (Å²) in [6, 6.07) is 13.8. The zero-order valence-electron chi connectivity index (χ0n) is 20.8. The van der Waals surface area contributed by atoms with Crippen LogP contribution in [0.25, 0.3) is 0 Å². The lowest BCUT2D eigenvalue weighted by atomic mass is 9.73. The van der Waals surface area contributed by atoms with Crippen molar-refractivity contribution in [2.75, 3.05) is 26.3 Å². The van der Waals surface area contributed by atoms with E-state index in [9.17, 15) is 13.2 Å². The molecule has 2 aromatic carbocycles. The molecular weight excluding hydrogens is 481 g/mol. The molecule has 2 aliphatic rings. The van der Waals surface area contributed by atoms with Gasteiger partial charge in [-0.05, 0) is 62.8 Å². The molecule has 7 nitrogen and oxygen atoms in total. The van der Waals surface area contributed by atoms with Gasteiger partial charge in [-0.3, -0.25) is 4.79 Å². The summed E-state index contributed by atoms with van der Waals surface area (Å²) < 4.78 is 49.5. The van der Waals surface area contributed by atoms with E-state index in [1.807, 2.05) is 37.3 Å². The van der Waals surface area contributed by atoms with E-state index in [4.69, 9.17) is 10.5 Å². The molecule has 2 aliphatic heterocycles. The summed E-state index contributed by atoms with van der Waals surface area (Å²) in [7, 11) is -3.67. The molecule has 2 heterocycles. The summed E-state index contributed by atoms with van der Waals surface area (Å²) in [5, 5.41) is 2.31. The Balaban J connectivity index is 1.59. The van der Waals surface area contributed by atoms with Crippen LogP contribution in [0, 0.1) is 5.82 Å². The second kappa shape index (κ2) is 11.4. The van der Waals surface area contributed by atoms with Crippen LogP contribution < -0.4 is 11.1 Å². The predicted octanol–water partition coefficient (Wildman–Crippen LogP) is 3.39. The molecule has 2 fully saturated rings. The number of hydrogen-bond donors (Lipinski definition) is 2. The first kappa shape index (κ1) is 26.7. The van der Waals surface area contributed by atoms with Crippen LogP contribution in [-0.2, 0) is 31.5 Å². The van der Waals surface area contributed by atoms with Gasteiger partial charge in [0.25, 0.3) is 0 Å². The van der Waals surface area contributed by atoms with E-state index < -0.39 is 26.5 Å². The summed E-state index contributed by atoms with van der Waals surface area (Å²) in [5.41, 5.74) is 6.32. The highest BCUT2D eigenvalue weighted by Crippen LogP contribution is 2.39. The second-order valence-electron chi connectivity index (χ2n) is 9.81. The Morgan fingerprint density at radius 2 is 1.89 bits per heavy atom. The highest BCUT2D eigenvalue weighted by atomic mass is 32.2. The second-order valence-corrected chi connectivity index (χ2v) is 11.9. The van der Waals surface area contributed by atoms with Gasteiger partial charge in [0.2, 0.25) is 15.9 Å². The van der Waals surface area contributed by atoms with Crippen LogP contribution in [0.2, 0.25) is 0 Å². The minimum absolute atomic E-state index is 0.0439. The molecule has 2 atom stereocenters. The van der Waals surface area contributed by atoms with Crippen LogP contribution >= 0.6 is 0 Å². The van der Waals surface area contributed by atoms with Gasteiger partial charge in [0, 0.05) is 37.9 Å². The van der Waals surface area contributed by atoms with Crippen LogP contribution in [0.4, 0.5) is 4.39 Å². The number of benzene rings is 2. The van der Waals surface area contributed by atoms with Crippen LogP contribution in [0.3, 0.4) is 0 Å². The van der Waals surface area contributed by atoms with Gasteiger partial charge in [-0.1, -0.05) is 42.5 Å². The van der Waals surface area contributed by atoms with Crippen LogP contribution in [0.15, 0.2) is 48.5 Å². The van der Waals surface area contributed by atoms with Crippen molar-refractivity contribution < 1.29 is 22.3 Å². The summed E-state index contributed by atoms with van der Waals surface area (Å²) >= 11 is 0. The van der Waals surface area contributed by atoms with Crippen LogP contribution in [0.5, 0.6) is 0 Å². The summed E-state index contributed by atoms with van der Waals surface area (Å²) in [5.74, 6) is -0.651. The van der Waals surface area contributed by atoms with Crippen molar-refractivity contribution in [1.29, 1.82) is 0 Å². The topological polar surface area (TPSA) is 102 Å². The van der Waals surface area contributed by atoms with E-state index in [1.165, 1.54) is 10.4 Å². The molecule has 1 amide bonds. The molecule has 3 N–H and O–H groups in total. The van der Waals surface area contributed by atoms with Crippen molar-refractivity contribution in [3.8, 4) is 0 Å². The maximum absolute atomic E-state index is 15.5. The Labute approximate surface area is 213 Å². The number of carbonyl (C=O) groups is 1. The van der Waals surface area contributed by atoms with Gasteiger partial charge in [-0.15, -0.1) is 0 Å². The fourth-order valence-corrected chi connectivity index (χ4v) is 7.52. The van der Waals surface area contributed by atoms with Gasteiger partial charge in [-0.2, -0.15) is 4.31 Å². The Morgan fingerprint density at radius 3 is 2.56 bits per heavy atom. The van der Waals surface area contributed by atoms with Crippen molar-refractivity contribution in [2.45, 2.75) is 62.3 Å². The number of carbonyl (C=O) groups excluding carboxylic acids is 1. The molecule has 4 rings (SSSR count). The summed E-state index contributed by atoms with van der Waals surface area (Å²) in [6.45, 7) is 3.59. The lowest BCUT2D eigenvalue weighted by Gasteiger charge is -2.38. The molecule has 0 aliphatic carbocycles. The molecule has 9 heteroatoms. The molecule has 0 unspecified atom stereocenters. The Hall–Kier alpha value is -2.33. The number of halogens is 1. The number of nitrogens with two attached hydrogens (primary N) is 1. The number of nitrogens with zero attached hydrogens (tertiary/aromatic N) is 1. The third kappa shape index (κ3) is 5.34. The van der Waals surface area contributed by atoms with E-state index in [-0.39, 0.29) is 18.5 Å². The smallest absolute Gasteiger partial charge is 0.230 e. The summed E-state index contributed by atoms with van der Waals surface area (Å²) in [6.07, 6.45) is 2.81. The standard InChI is InChI=1S/C27H36FN3O4S/c1-20-8-11-25(21-6-3-2-4-7-21)36(33,34)31(20)19-22-9-10-23(18-24(22)28)27(12-16-35-17-13-27)26(32)30-15-5-14-29/h2-4,6-7,9-10,18,20,25H,5,8,11-17,19,29H2,1H3,(H,30,32)/t20-,25+/m0/s1. The first-order chi connectivity index (χ1) is 17.3. The van der Waals surface area contributed by atoms with Crippen molar-refractivity contribution in [3.63, 3.8) is 0 Å². The van der Waals surface area contributed by atoms with Gasteiger partial charge < -0.3 is 15.8 Å². The van der Waals surface area contributed by atoms with E-state index >= 15 is 4.39 Å². The van der Waals surface area contributed by atoms with E-state index in [2.05, 4.69) is 5.32 Å². The highest BCUT2D eigenvalue weighted by Gasteiger charge is 2.43. The van der Waals surface area contributed by atoms with E-state index in [0.29, 0.717) is 69.5 Å². The van der Waals surface area contributed by atoms with Crippen molar-refractivity contribution in [1.82, 2.24) is 9.62 Å². The highest BCUT2D eigenvalue weighted by molar-refractivity contribution is 7.89. The molecule has 0 radical (unpaired) electrons. The number of hydrogen-bond acceptors (Lipinski definition) is 5. The molecule has 0 aromatic heterocycles. The number of nitrogens with one attached hydrogen (secondary N) is 1. The molecular formula is C27H36FN3O4S. The Bertz CT molecular complexity index is 1150. The minimum Gasteiger partial charge on any atom is -0.381 e. The zero-order chi connectivity index (χ0) is 25.8. The fraction of sp³-hybridized carbons (Fsp3) is 0.519. The lowest BCUT2D eigenvalue weighted by Crippen LogP contribution is -2.48. The summed E-state index contributed by atoms with van der Waals surface area (Å²) in [4.78, 5) is 13.2. The maximum atomic E-state index is 15.5. The van der Waals surface area contributed by atoms with Gasteiger partial charge in [0.15, 0.2) is 0 Å². The number of rotatable bonds is 8. The minimum atomic E-state index is -3.67.